The first-order valence-corrected chi connectivity index (χ1v) is 7.91. The molecule has 0 saturated carbocycles. The second kappa shape index (κ2) is 6.60. The molecule has 0 aliphatic rings. The molecule has 0 bridgehead atoms. The van der Waals surface area contributed by atoms with E-state index in [1.807, 2.05) is 24.2 Å². The van der Waals surface area contributed by atoms with Crippen LogP contribution in [0.15, 0.2) is 55.1 Å². The van der Waals surface area contributed by atoms with Gasteiger partial charge in [-0.05, 0) is 30.2 Å². The Labute approximate surface area is 145 Å². The van der Waals surface area contributed by atoms with Crippen LogP contribution in [0.1, 0.15) is 22.7 Å². The van der Waals surface area contributed by atoms with E-state index in [4.69, 9.17) is 23.2 Å². The molecule has 2 aromatic carbocycles. The van der Waals surface area contributed by atoms with Crippen LogP contribution in [-0.2, 0) is 0 Å². The highest BCUT2D eigenvalue weighted by atomic mass is 35.5. The average Bonchev–Trinajstić information content (AvgIpc) is 3.05. The summed E-state index contributed by atoms with van der Waals surface area (Å²) in [6, 6.07) is 13.8. The fraction of sp³-hybridized carbons (Fsp3) is 0.176. The molecule has 0 saturated heterocycles. The molecule has 0 aliphatic heterocycles. The summed E-state index contributed by atoms with van der Waals surface area (Å²) in [6.45, 7) is 2.06. The highest BCUT2D eigenvalue weighted by molar-refractivity contribution is 6.35. The molecule has 3 rings (SSSR count). The zero-order valence-corrected chi connectivity index (χ0v) is 14.3. The molecule has 0 spiro atoms. The van der Waals surface area contributed by atoms with Gasteiger partial charge in [0.25, 0.3) is 0 Å². The van der Waals surface area contributed by atoms with Crippen molar-refractivity contribution in [2.75, 3.05) is 12.1 Å². The van der Waals surface area contributed by atoms with Gasteiger partial charge in [-0.2, -0.15) is 4.79 Å². The zero-order chi connectivity index (χ0) is 16.4. The monoisotopic (exact) mass is 346 g/mol. The second-order valence-corrected chi connectivity index (χ2v) is 6.21. The lowest BCUT2D eigenvalue weighted by molar-refractivity contribution is 0.529. The Kier molecular flexibility index (Phi) is 4.55. The molecule has 23 heavy (non-hydrogen) atoms. The SMILES string of the molecule is Cc1ccc(C(c2ccc(Cl)cc2Cl)N(C)n2cncn2)cc1. The van der Waals surface area contributed by atoms with Crippen LogP contribution in [-0.4, -0.2) is 21.9 Å². The summed E-state index contributed by atoms with van der Waals surface area (Å²) >= 11 is 12.5. The lowest BCUT2D eigenvalue weighted by Gasteiger charge is -2.30. The van der Waals surface area contributed by atoms with E-state index in [9.17, 15) is 0 Å². The number of hydrogen-bond donors (Lipinski definition) is 0. The standard InChI is InChI=1S/C17H16Cl2N4/c1-12-3-5-13(6-4-12)17(22(2)23-11-20-10-21-23)15-8-7-14(18)9-16(15)19/h3-11,17H,1-2H3. The summed E-state index contributed by atoms with van der Waals surface area (Å²) in [5, 5.41) is 7.43. The van der Waals surface area contributed by atoms with Gasteiger partial charge in [0.15, 0.2) is 0 Å². The summed E-state index contributed by atoms with van der Waals surface area (Å²) in [7, 11) is 1.95. The summed E-state index contributed by atoms with van der Waals surface area (Å²) in [5.41, 5.74) is 3.27. The van der Waals surface area contributed by atoms with Gasteiger partial charge in [-0.15, -0.1) is 5.10 Å². The lowest BCUT2D eigenvalue weighted by atomic mass is 9.97. The van der Waals surface area contributed by atoms with Gasteiger partial charge in [0.05, 0.1) is 6.04 Å². The number of aromatic nitrogens is 3. The molecule has 1 heterocycles. The van der Waals surface area contributed by atoms with E-state index < -0.39 is 0 Å². The van der Waals surface area contributed by atoms with Crippen LogP contribution in [0.3, 0.4) is 0 Å². The first-order chi connectivity index (χ1) is 11.1. The van der Waals surface area contributed by atoms with Crippen molar-refractivity contribution in [1.82, 2.24) is 14.9 Å². The molecule has 1 aromatic heterocycles. The summed E-state index contributed by atoms with van der Waals surface area (Å²) in [6.07, 6.45) is 3.16. The molecule has 0 N–H and O–H groups in total. The van der Waals surface area contributed by atoms with Gasteiger partial charge in [-0.25, -0.2) is 4.98 Å². The predicted molar refractivity (Wildman–Crippen MR) is 93.6 cm³/mol. The summed E-state index contributed by atoms with van der Waals surface area (Å²) in [5.74, 6) is 0. The van der Waals surface area contributed by atoms with Crippen LogP contribution in [0.2, 0.25) is 10.0 Å². The minimum absolute atomic E-state index is 0.109. The Morgan fingerprint density at radius 2 is 1.83 bits per heavy atom. The van der Waals surface area contributed by atoms with Crippen LogP contribution in [0.5, 0.6) is 0 Å². The van der Waals surface area contributed by atoms with Crippen molar-refractivity contribution < 1.29 is 0 Å². The Morgan fingerprint density at radius 1 is 1.09 bits per heavy atom. The maximum absolute atomic E-state index is 6.45. The van der Waals surface area contributed by atoms with Crippen molar-refractivity contribution in [2.24, 2.45) is 0 Å². The number of aryl methyl sites for hydroxylation is 1. The van der Waals surface area contributed by atoms with Crippen LogP contribution in [0.25, 0.3) is 0 Å². The van der Waals surface area contributed by atoms with Gasteiger partial charge in [0.1, 0.15) is 12.7 Å². The Balaban J connectivity index is 2.11. The molecule has 3 aromatic rings. The van der Waals surface area contributed by atoms with Crippen LogP contribution in [0, 0.1) is 6.92 Å². The molecule has 1 atom stereocenters. The maximum atomic E-state index is 6.45. The molecule has 4 nitrogen and oxygen atoms in total. The van der Waals surface area contributed by atoms with E-state index in [1.165, 1.54) is 11.9 Å². The fourth-order valence-electron chi connectivity index (χ4n) is 2.55. The molecule has 0 fully saturated rings. The smallest absolute Gasteiger partial charge is 0.139 e. The number of nitrogens with zero attached hydrogens (tertiary/aromatic N) is 4. The highest BCUT2D eigenvalue weighted by Crippen LogP contribution is 2.33. The van der Waals surface area contributed by atoms with Crippen LogP contribution < -0.4 is 5.01 Å². The molecule has 0 radical (unpaired) electrons. The van der Waals surface area contributed by atoms with Crippen LogP contribution >= 0.6 is 23.2 Å². The molecule has 6 heteroatoms. The Hall–Kier alpha value is -2.04. The first-order valence-electron chi connectivity index (χ1n) is 7.15. The van der Waals surface area contributed by atoms with Crippen molar-refractivity contribution in [2.45, 2.75) is 13.0 Å². The van der Waals surface area contributed by atoms with Crippen LogP contribution in [0.4, 0.5) is 0 Å². The average molecular weight is 347 g/mol. The quantitative estimate of drug-likeness (QED) is 0.708. The maximum Gasteiger partial charge on any atom is 0.139 e. The normalized spacial score (nSPS) is 12.2. The summed E-state index contributed by atoms with van der Waals surface area (Å²) < 4.78 is 0. The molecule has 118 valence electrons. The third-order valence-corrected chi connectivity index (χ3v) is 4.32. The van der Waals surface area contributed by atoms with E-state index in [1.54, 1.807) is 17.2 Å². The van der Waals surface area contributed by atoms with Gasteiger partial charge in [-0.3, -0.25) is 5.01 Å². The van der Waals surface area contributed by atoms with E-state index in [-0.39, 0.29) is 6.04 Å². The Morgan fingerprint density at radius 3 is 2.43 bits per heavy atom. The number of hydrogen-bond acceptors (Lipinski definition) is 3. The van der Waals surface area contributed by atoms with E-state index >= 15 is 0 Å². The largest absolute Gasteiger partial charge is 0.287 e. The number of rotatable bonds is 4. The molecular formula is C17H16Cl2N4. The number of benzene rings is 2. The van der Waals surface area contributed by atoms with Crippen molar-refractivity contribution >= 4 is 23.2 Å². The molecule has 0 aliphatic carbocycles. The van der Waals surface area contributed by atoms with Gasteiger partial charge < -0.3 is 0 Å². The van der Waals surface area contributed by atoms with Crippen molar-refractivity contribution in [3.63, 3.8) is 0 Å². The van der Waals surface area contributed by atoms with Crippen molar-refractivity contribution in [3.8, 4) is 0 Å². The van der Waals surface area contributed by atoms with E-state index in [0.29, 0.717) is 10.0 Å². The second-order valence-electron chi connectivity index (χ2n) is 5.37. The minimum atomic E-state index is -0.109. The molecule has 1 unspecified atom stereocenters. The van der Waals surface area contributed by atoms with E-state index in [2.05, 4.69) is 41.3 Å². The lowest BCUT2D eigenvalue weighted by Crippen LogP contribution is -2.35. The van der Waals surface area contributed by atoms with Gasteiger partial charge in [-0.1, -0.05) is 59.1 Å². The fourth-order valence-corrected chi connectivity index (χ4v) is 3.06. The van der Waals surface area contributed by atoms with E-state index in [0.717, 1.165) is 11.1 Å². The predicted octanol–water partition coefficient (Wildman–Crippen LogP) is 4.25. The van der Waals surface area contributed by atoms with Gasteiger partial charge in [0.2, 0.25) is 0 Å². The third kappa shape index (κ3) is 3.33. The van der Waals surface area contributed by atoms with Crippen molar-refractivity contribution in [1.29, 1.82) is 0 Å². The highest BCUT2D eigenvalue weighted by Gasteiger charge is 2.23. The minimum Gasteiger partial charge on any atom is -0.287 e. The van der Waals surface area contributed by atoms with Gasteiger partial charge in [0, 0.05) is 17.1 Å². The third-order valence-electron chi connectivity index (χ3n) is 3.75. The van der Waals surface area contributed by atoms with Crippen molar-refractivity contribution in [3.05, 3.63) is 81.9 Å². The van der Waals surface area contributed by atoms with Gasteiger partial charge >= 0.3 is 0 Å². The molecular weight excluding hydrogens is 331 g/mol. The Bertz CT molecular complexity index is 785. The summed E-state index contributed by atoms with van der Waals surface area (Å²) in [4.78, 5) is 5.71. The molecule has 0 amide bonds. The first kappa shape index (κ1) is 15.8. The topological polar surface area (TPSA) is 34.0 Å². The number of halogens is 2. The zero-order valence-electron chi connectivity index (χ0n) is 12.8.